The summed E-state index contributed by atoms with van der Waals surface area (Å²) >= 11 is 0. The molecule has 1 N–H and O–H groups in total. The lowest BCUT2D eigenvalue weighted by Crippen LogP contribution is -2.42. The molecule has 2 aromatic carbocycles. The largest absolute Gasteiger partial charge is 0.485 e. The normalized spacial score (nSPS) is 15.7. The van der Waals surface area contributed by atoms with Gasteiger partial charge in [0.2, 0.25) is 6.10 Å². The van der Waals surface area contributed by atoms with Crippen LogP contribution < -0.4 is 19.6 Å². The number of nitriles is 1. The Bertz CT molecular complexity index is 856. The number of fused-ring (bicyclic) bond motifs is 1. The van der Waals surface area contributed by atoms with Gasteiger partial charge in [0.15, 0.2) is 18.1 Å². The van der Waals surface area contributed by atoms with Crippen LogP contribution in [0.1, 0.15) is 12.5 Å². The maximum absolute atomic E-state index is 12.2. The number of amides is 1. The molecule has 1 heterocycles. The van der Waals surface area contributed by atoms with E-state index in [9.17, 15) is 4.79 Å². The van der Waals surface area contributed by atoms with E-state index in [-0.39, 0.29) is 19.1 Å². The molecule has 3 rings (SSSR count). The second-order valence-electron chi connectivity index (χ2n) is 5.51. The fraction of sp³-hybridized carbons (Fsp3) is 0.211. The molecule has 0 aliphatic carbocycles. The summed E-state index contributed by atoms with van der Waals surface area (Å²) in [4.78, 5) is 12.2. The predicted octanol–water partition coefficient (Wildman–Crippen LogP) is 2.27. The minimum absolute atomic E-state index is 0.00490. The molecule has 0 fully saturated rings. The highest BCUT2D eigenvalue weighted by atomic mass is 16.6. The van der Waals surface area contributed by atoms with Gasteiger partial charge in [0.1, 0.15) is 18.4 Å². The zero-order valence-corrected chi connectivity index (χ0v) is 14.1. The van der Waals surface area contributed by atoms with Crippen molar-refractivity contribution in [2.75, 3.05) is 13.2 Å². The van der Waals surface area contributed by atoms with Crippen molar-refractivity contribution < 1.29 is 19.0 Å². The maximum Gasteiger partial charge on any atom is 0.284 e. The van der Waals surface area contributed by atoms with E-state index in [1.165, 1.54) is 0 Å². The summed E-state index contributed by atoms with van der Waals surface area (Å²) in [6.07, 6.45) is -0.761. The number of carbonyl (C=O) groups is 1. The molecule has 0 unspecified atom stereocenters. The summed E-state index contributed by atoms with van der Waals surface area (Å²) in [7, 11) is 0. The third-order valence-corrected chi connectivity index (χ3v) is 3.71. The van der Waals surface area contributed by atoms with Gasteiger partial charge in [0.25, 0.3) is 5.91 Å². The topological polar surface area (TPSA) is 92.9 Å². The van der Waals surface area contributed by atoms with E-state index in [2.05, 4.69) is 10.5 Å². The van der Waals surface area contributed by atoms with Gasteiger partial charge in [-0.2, -0.15) is 10.4 Å². The lowest BCUT2D eigenvalue weighted by atomic mass is 10.1. The Hall–Kier alpha value is -3.53. The van der Waals surface area contributed by atoms with Gasteiger partial charge < -0.3 is 14.2 Å². The Morgan fingerprint density at radius 2 is 2.00 bits per heavy atom. The second-order valence-corrected chi connectivity index (χ2v) is 5.51. The highest BCUT2D eigenvalue weighted by Crippen LogP contribution is 2.30. The molecule has 7 nitrogen and oxygen atoms in total. The number of hydrogen-bond acceptors (Lipinski definition) is 6. The molecule has 0 spiro atoms. The molecule has 1 amide bonds. The third kappa shape index (κ3) is 4.11. The monoisotopic (exact) mass is 351 g/mol. The molecule has 132 valence electrons. The number of benzene rings is 2. The molecule has 0 bridgehead atoms. The van der Waals surface area contributed by atoms with E-state index >= 15 is 0 Å². The quantitative estimate of drug-likeness (QED) is 0.659. The SMILES string of the molecule is C/C(=N/NC(=O)[C@H]1COc2ccccc2O1)c1ccc(OCC#N)cc1. The molecule has 26 heavy (non-hydrogen) atoms. The second kappa shape index (κ2) is 8.03. The van der Waals surface area contributed by atoms with E-state index in [4.69, 9.17) is 19.5 Å². The van der Waals surface area contributed by atoms with Crippen LogP contribution in [-0.4, -0.2) is 30.9 Å². The number of carbonyl (C=O) groups excluding carboxylic acids is 1. The first-order valence-corrected chi connectivity index (χ1v) is 8.00. The van der Waals surface area contributed by atoms with E-state index in [0.717, 1.165) is 5.56 Å². The lowest BCUT2D eigenvalue weighted by molar-refractivity contribution is -0.130. The number of hydrazone groups is 1. The van der Waals surface area contributed by atoms with Crippen molar-refractivity contribution in [3.63, 3.8) is 0 Å². The van der Waals surface area contributed by atoms with Crippen LogP contribution in [0, 0.1) is 11.3 Å². The smallest absolute Gasteiger partial charge is 0.284 e. The van der Waals surface area contributed by atoms with Crippen LogP contribution in [0.2, 0.25) is 0 Å². The minimum Gasteiger partial charge on any atom is -0.485 e. The van der Waals surface area contributed by atoms with Gasteiger partial charge in [-0.1, -0.05) is 12.1 Å². The van der Waals surface area contributed by atoms with Gasteiger partial charge in [-0.15, -0.1) is 0 Å². The molecule has 2 aromatic rings. The summed E-state index contributed by atoms with van der Waals surface area (Å²) in [5.74, 6) is 1.37. The molecule has 0 aromatic heterocycles. The van der Waals surface area contributed by atoms with Gasteiger partial charge in [-0.3, -0.25) is 4.79 Å². The first-order chi connectivity index (χ1) is 12.7. The van der Waals surface area contributed by atoms with Gasteiger partial charge in [-0.25, -0.2) is 5.43 Å². The third-order valence-electron chi connectivity index (χ3n) is 3.71. The number of para-hydroxylation sites is 2. The van der Waals surface area contributed by atoms with Crippen molar-refractivity contribution in [1.82, 2.24) is 5.43 Å². The zero-order chi connectivity index (χ0) is 18.4. The molecule has 1 aliphatic heterocycles. The summed E-state index contributed by atoms with van der Waals surface area (Å²) < 4.78 is 16.4. The molecule has 7 heteroatoms. The van der Waals surface area contributed by atoms with Crippen LogP contribution in [-0.2, 0) is 4.79 Å². The van der Waals surface area contributed by atoms with Crippen molar-refractivity contribution in [3.8, 4) is 23.3 Å². The minimum atomic E-state index is -0.761. The highest BCUT2D eigenvalue weighted by Gasteiger charge is 2.27. The Kier molecular flexibility index (Phi) is 5.34. The Balaban J connectivity index is 1.59. The van der Waals surface area contributed by atoms with Crippen LogP contribution >= 0.6 is 0 Å². The maximum atomic E-state index is 12.2. The number of ether oxygens (including phenoxy) is 3. The molecule has 1 atom stereocenters. The summed E-state index contributed by atoms with van der Waals surface area (Å²) in [5, 5.41) is 12.6. The standard InChI is InChI=1S/C19H17N3O4/c1-13(14-6-8-15(9-7-14)24-11-10-20)21-22-19(23)18-12-25-16-4-2-3-5-17(16)26-18/h2-9,18H,11-12H2,1H3,(H,22,23)/b21-13-/t18-/m1/s1. The molecule has 0 radical (unpaired) electrons. The lowest BCUT2D eigenvalue weighted by Gasteiger charge is -2.24. The molecular weight excluding hydrogens is 334 g/mol. The van der Waals surface area contributed by atoms with Gasteiger partial charge in [-0.05, 0) is 48.9 Å². The first kappa shape index (κ1) is 17.3. The van der Waals surface area contributed by atoms with E-state index in [0.29, 0.717) is 23.0 Å². The number of rotatable bonds is 5. The van der Waals surface area contributed by atoms with Crippen LogP contribution in [0.25, 0.3) is 0 Å². The summed E-state index contributed by atoms with van der Waals surface area (Å²) in [6, 6.07) is 16.2. The van der Waals surface area contributed by atoms with Crippen LogP contribution in [0.4, 0.5) is 0 Å². The van der Waals surface area contributed by atoms with Crippen LogP contribution in [0.5, 0.6) is 17.2 Å². The Morgan fingerprint density at radius 1 is 1.27 bits per heavy atom. The van der Waals surface area contributed by atoms with Crippen molar-refractivity contribution >= 4 is 11.6 Å². The average molecular weight is 351 g/mol. The van der Waals surface area contributed by atoms with E-state index in [1.54, 1.807) is 43.3 Å². The molecule has 0 saturated carbocycles. The molecule has 0 saturated heterocycles. The first-order valence-electron chi connectivity index (χ1n) is 8.00. The Morgan fingerprint density at radius 3 is 2.73 bits per heavy atom. The average Bonchev–Trinajstić information content (AvgIpc) is 2.70. The van der Waals surface area contributed by atoms with Gasteiger partial charge in [0, 0.05) is 0 Å². The summed E-state index contributed by atoms with van der Waals surface area (Å²) in [6.45, 7) is 1.90. The van der Waals surface area contributed by atoms with E-state index in [1.807, 2.05) is 18.2 Å². The van der Waals surface area contributed by atoms with Crippen molar-refractivity contribution in [2.45, 2.75) is 13.0 Å². The van der Waals surface area contributed by atoms with Crippen molar-refractivity contribution in [3.05, 3.63) is 54.1 Å². The highest BCUT2D eigenvalue weighted by molar-refractivity contribution is 5.99. The Labute approximate surface area is 150 Å². The molecule has 1 aliphatic rings. The number of nitrogens with one attached hydrogen (secondary N) is 1. The molecular formula is C19H17N3O4. The van der Waals surface area contributed by atoms with Crippen molar-refractivity contribution in [2.24, 2.45) is 5.10 Å². The van der Waals surface area contributed by atoms with Crippen LogP contribution in [0.15, 0.2) is 53.6 Å². The number of nitrogens with zero attached hydrogens (tertiary/aromatic N) is 2. The van der Waals surface area contributed by atoms with Gasteiger partial charge in [0.05, 0.1) is 5.71 Å². The fourth-order valence-electron chi connectivity index (χ4n) is 2.33. The fourth-order valence-corrected chi connectivity index (χ4v) is 2.33. The van der Waals surface area contributed by atoms with Crippen molar-refractivity contribution in [1.29, 1.82) is 5.26 Å². The zero-order valence-electron chi connectivity index (χ0n) is 14.1. The predicted molar refractivity (Wildman–Crippen MR) is 94.3 cm³/mol. The number of hydrogen-bond donors (Lipinski definition) is 1. The van der Waals surface area contributed by atoms with Gasteiger partial charge >= 0.3 is 0 Å². The van der Waals surface area contributed by atoms with E-state index < -0.39 is 6.10 Å². The summed E-state index contributed by atoms with van der Waals surface area (Å²) in [5.41, 5.74) is 3.95. The van der Waals surface area contributed by atoms with Crippen LogP contribution in [0.3, 0.4) is 0 Å².